The molecule has 0 spiro atoms. The third-order valence-corrected chi connectivity index (χ3v) is 3.44. The van der Waals surface area contributed by atoms with E-state index in [0.717, 1.165) is 5.69 Å². The predicted octanol–water partition coefficient (Wildman–Crippen LogP) is 1.83. The molecule has 0 atom stereocenters. The number of carbonyl (C=O) groups excluding carboxylic acids is 1. The Bertz CT molecular complexity index is 753. The monoisotopic (exact) mass is 301 g/mol. The standard InChI is InChI=1S/C13H11N5O2S/c1-8-16-12(20-18-8)10-7-21-13(17-10)11(19)15-6-9-4-2-3-5-14-9/h2-5,7H,6H2,1H3,(H,15,19). The van der Waals surface area contributed by atoms with Crippen LogP contribution in [-0.2, 0) is 6.54 Å². The van der Waals surface area contributed by atoms with Gasteiger partial charge in [-0.05, 0) is 19.1 Å². The van der Waals surface area contributed by atoms with Gasteiger partial charge in [-0.25, -0.2) is 4.98 Å². The fraction of sp³-hybridized carbons (Fsp3) is 0.154. The van der Waals surface area contributed by atoms with Crippen LogP contribution in [0, 0.1) is 6.92 Å². The van der Waals surface area contributed by atoms with Gasteiger partial charge in [0.05, 0.1) is 12.2 Å². The van der Waals surface area contributed by atoms with Crippen molar-refractivity contribution in [1.82, 2.24) is 25.4 Å². The number of nitrogens with zero attached hydrogens (tertiary/aromatic N) is 4. The Balaban J connectivity index is 1.67. The quantitative estimate of drug-likeness (QED) is 0.790. The van der Waals surface area contributed by atoms with Crippen molar-refractivity contribution in [3.05, 3.63) is 46.3 Å². The van der Waals surface area contributed by atoms with Gasteiger partial charge < -0.3 is 9.84 Å². The first kappa shape index (κ1) is 13.4. The predicted molar refractivity (Wildman–Crippen MR) is 75.6 cm³/mol. The highest BCUT2D eigenvalue weighted by molar-refractivity contribution is 7.12. The first-order chi connectivity index (χ1) is 10.2. The Morgan fingerprint density at radius 1 is 1.38 bits per heavy atom. The van der Waals surface area contributed by atoms with Gasteiger partial charge in [-0.2, -0.15) is 4.98 Å². The van der Waals surface area contributed by atoms with Crippen molar-refractivity contribution in [1.29, 1.82) is 0 Å². The molecule has 3 heterocycles. The van der Waals surface area contributed by atoms with Crippen LogP contribution in [0.2, 0.25) is 0 Å². The smallest absolute Gasteiger partial charge is 0.280 e. The highest BCUT2D eigenvalue weighted by atomic mass is 32.1. The van der Waals surface area contributed by atoms with E-state index in [1.807, 2.05) is 18.2 Å². The third-order valence-electron chi connectivity index (χ3n) is 2.60. The van der Waals surface area contributed by atoms with Gasteiger partial charge in [0, 0.05) is 11.6 Å². The highest BCUT2D eigenvalue weighted by Gasteiger charge is 2.15. The molecule has 0 aliphatic heterocycles. The molecule has 1 amide bonds. The lowest BCUT2D eigenvalue weighted by Gasteiger charge is -2.01. The summed E-state index contributed by atoms with van der Waals surface area (Å²) in [4.78, 5) is 24.4. The molecule has 3 aromatic rings. The SMILES string of the molecule is Cc1noc(-c2csc(C(=O)NCc3ccccn3)n2)n1. The van der Waals surface area contributed by atoms with Crippen LogP contribution in [0.15, 0.2) is 34.3 Å². The zero-order valence-electron chi connectivity index (χ0n) is 11.1. The molecule has 8 heteroatoms. The molecule has 7 nitrogen and oxygen atoms in total. The second kappa shape index (κ2) is 5.80. The molecule has 3 rings (SSSR count). The molecule has 0 saturated heterocycles. The van der Waals surface area contributed by atoms with Gasteiger partial charge in [0.15, 0.2) is 10.8 Å². The number of pyridine rings is 1. The van der Waals surface area contributed by atoms with E-state index in [2.05, 4.69) is 25.4 Å². The first-order valence-electron chi connectivity index (χ1n) is 6.16. The van der Waals surface area contributed by atoms with Gasteiger partial charge in [0.25, 0.3) is 11.8 Å². The minimum atomic E-state index is -0.256. The Labute approximate surface area is 124 Å². The summed E-state index contributed by atoms with van der Waals surface area (Å²) < 4.78 is 5.01. The van der Waals surface area contributed by atoms with E-state index in [0.29, 0.717) is 29.0 Å². The van der Waals surface area contributed by atoms with E-state index in [9.17, 15) is 4.79 Å². The number of amides is 1. The second-order valence-electron chi connectivity index (χ2n) is 4.19. The molecular formula is C13H11N5O2S. The van der Waals surface area contributed by atoms with Crippen molar-refractivity contribution in [3.8, 4) is 11.6 Å². The van der Waals surface area contributed by atoms with Crippen LogP contribution in [0.5, 0.6) is 0 Å². The summed E-state index contributed by atoms with van der Waals surface area (Å²) in [5.41, 5.74) is 1.29. The Morgan fingerprint density at radius 3 is 3.00 bits per heavy atom. The number of nitrogens with one attached hydrogen (secondary N) is 1. The average molecular weight is 301 g/mol. The third kappa shape index (κ3) is 3.11. The van der Waals surface area contributed by atoms with Gasteiger partial charge in [0.2, 0.25) is 0 Å². The van der Waals surface area contributed by atoms with Crippen molar-refractivity contribution in [2.24, 2.45) is 0 Å². The number of rotatable bonds is 4. The molecule has 0 aliphatic rings. The maximum Gasteiger partial charge on any atom is 0.280 e. The highest BCUT2D eigenvalue weighted by Crippen LogP contribution is 2.20. The topological polar surface area (TPSA) is 93.8 Å². The maximum atomic E-state index is 12.0. The van der Waals surface area contributed by atoms with Crippen molar-refractivity contribution in [3.63, 3.8) is 0 Å². The molecule has 1 N–H and O–H groups in total. The molecule has 0 fully saturated rings. The Morgan fingerprint density at radius 2 is 2.29 bits per heavy atom. The number of aromatic nitrogens is 4. The lowest BCUT2D eigenvalue weighted by Crippen LogP contribution is -2.23. The number of hydrogen-bond acceptors (Lipinski definition) is 7. The second-order valence-corrected chi connectivity index (χ2v) is 5.05. The van der Waals surface area contributed by atoms with Crippen molar-refractivity contribution in [2.45, 2.75) is 13.5 Å². The van der Waals surface area contributed by atoms with E-state index < -0.39 is 0 Å². The van der Waals surface area contributed by atoms with Crippen molar-refractivity contribution in [2.75, 3.05) is 0 Å². The zero-order chi connectivity index (χ0) is 14.7. The largest absolute Gasteiger partial charge is 0.344 e. The van der Waals surface area contributed by atoms with E-state index in [4.69, 9.17) is 4.52 Å². The van der Waals surface area contributed by atoms with Gasteiger partial charge in [-0.1, -0.05) is 11.2 Å². The van der Waals surface area contributed by atoms with Gasteiger partial charge in [-0.3, -0.25) is 9.78 Å². The normalized spacial score (nSPS) is 10.5. The zero-order valence-corrected chi connectivity index (χ0v) is 11.9. The van der Waals surface area contributed by atoms with E-state index in [-0.39, 0.29) is 5.91 Å². The van der Waals surface area contributed by atoms with Crippen LogP contribution >= 0.6 is 11.3 Å². The summed E-state index contributed by atoms with van der Waals surface area (Å²) >= 11 is 1.23. The van der Waals surface area contributed by atoms with Crippen LogP contribution in [-0.4, -0.2) is 26.0 Å². The molecule has 106 valence electrons. The number of hydrogen-bond donors (Lipinski definition) is 1. The molecule has 0 aromatic carbocycles. The van der Waals surface area contributed by atoms with Crippen LogP contribution in [0.3, 0.4) is 0 Å². The first-order valence-corrected chi connectivity index (χ1v) is 7.04. The molecule has 3 aromatic heterocycles. The van der Waals surface area contributed by atoms with Crippen LogP contribution < -0.4 is 5.32 Å². The molecule has 21 heavy (non-hydrogen) atoms. The number of aryl methyl sites for hydroxylation is 1. The fourth-order valence-electron chi connectivity index (χ4n) is 1.63. The summed E-state index contributed by atoms with van der Waals surface area (Å²) in [6, 6.07) is 5.54. The molecule has 0 radical (unpaired) electrons. The van der Waals surface area contributed by atoms with E-state index >= 15 is 0 Å². The van der Waals surface area contributed by atoms with E-state index in [1.165, 1.54) is 11.3 Å². The molecule has 0 bridgehead atoms. The summed E-state index contributed by atoms with van der Waals surface area (Å²) in [7, 11) is 0. The van der Waals surface area contributed by atoms with Crippen molar-refractivity contribution >= 4 is 17.2 Å². The minimum Gasteiger partial charge on any atom is -0.344 e. The minimum absolute atomic E-state index is 0.256. The summed E-state index contributed by atoms with van der Waals surface area (Å²) in [6.07, 6.45) is 1.68. The fourth-order valence-corrected chi connectivity index (χ4v) is 2.33. The van der Waals surface area contributed by atoms with Crippen LogP contribution in [0.25, 0.3) is 11.6 Å². The summed E-state index contributed by atoms with van der Waals surface area (Å²) in [5, 5.41) is 8.51. The molecule has 0 saturated carbocycles. The van der Waals surface area contributed by atoms with Crippen molar-refractivity contribution < 1.29 is 9.32 Å². The molecule has 0 aliphatic carbocycles. The lowest BCUT2D eigenvalue weighted by molar-refractivity contribution is 0.0950. The lowest BCUT2D eigenvalue weighted by atomic mass is 10.3. The average Bonchev–Trinajstić information content (AvgIpc) is 3.14. The molecular weight excluding hydrogens is 290 g/mol. The Hall–Kier alpha value is -2.61. The van der Waals surface area contributed by atoms with E-state index in [1.54, 1.807) is 18.5 Å². The van der Waals surface area contributed by atoms with Gasteiger partial charge in [-0.15, -0.1) is 11.3 Å². The number of carbonyl (C=O) groups is 1. The van der Waals surface area contributed by atoms with Gasteiger partial charge >= 0.3 is 0 Å². The van der Waals surface area contributed by atoms with Crippen LogP contribution in [0.1, 0.15) is 21.3 Å². The van der Waals surface area contributed by atoms with Crippen LogP contribution in [0.4, 0.5) is 0 Å². The molecule has 0 unspecified atom stereocenters. The Kier molecular flexibility index (Phi) is 3.69. The maximum absolute atomic E-state index is 12.0. The summed E-state index contributed by atoms with van der Waals surface area (Å²) in [5.74, 6) is 0.583. The summed E-state index contributed by atoms with van der Waals surface area (Å²) in [6.45, 7) is 2.08. The van der Waals surface area contributed by atoms with Gasteiger partial charge in [0.1, 0.15) is 5.69 Å². The number of thiazole rings is 1.